The van der Waals surface area contributed by atoms with Crippen LogP contribution in [0.4, 0.5) is 11.4 Å². The van der Waals surface area contributed by atoms with Crippen LogP contribution in [0.15, 0.2) is 16.9 Å². The zero-order valence-electron chi connectivity index (χ0n) is 15.3. The number of aromatic amines is 1. The number of hydrogen-bond acceptors (Lipinski definition) is 6. The Kier molecular flexibility index (Phi) is 6.06. The van der Waals surface area contributed by atoms with Gasteiger partial charge < -0.3 is 16.0 Å². The number of amides is 1. The standard InChI is InChI=1S/C19H18Cl2N4O2S2/c20-11-5-9(6-12(21)17(11)22)23-15(26)8-28-7-14-24-18(27)16-10-3-1-2-4-13(10)29-19(16)25-14/h5-6H,1-4,7-8,22H2,(H,23,26)(H,24,25,27). The van der Waals surface area contributed by atoms with E-state index in [0.29, 0.717) is 17.3 Å². The van der Waals surface area contributed by atoms with Gasteiger partial charge in [-0.2, -0.15) is 0 Å². The van der Waals surface area contributed by atoms with Gasteiger partial charge in [0.25, 0.3) is 5.56 Å². The number of halogens is 2. The molecule has 29 heavy (non-hydrogen) atoms. The first-order valence-electron chi connectivity index (χ1n) is 9.08. The molecule has 6 nitrogen and oxygen atoms in total. The molecule has 0 atom stereocenters. The molecule has 0 saturated heterocycles. The number of thioether (sulfide) groups is 1. The summed E-state index contributed by atoms with van der Waals surface area (Å²) in [5.74, 6) is 1.01. The fourth-order valence-corrected chi connectivity index (χ4v) is 5.83. The fourth-order valence-electron chi connectivity index (χ4n) is 3.37. The summed E-state index contributed by atoms with van der Waals surface area (Å²) in [4.78, 5) is 34.3. The predicted molar refractivity (Wildman–Crippen MR) is 123 cm³/mol. The number of aryl methyl sites for hydroxylation is 2. The molecule has 4 N–H and O–H groups in total. The number of nitrogens with two attached hydrogens (primary N) is 1. The van der Waals surface area contributed by atoms with E-state index in [1.165, 1.54) is 28.6 Å². The quantitative estimate of drug-likeness (QED) is 0.474. The molecular weight excluding hydrogens is 451 g/mol. The molecule has 2 aromatic heterocycles. The Morgan fingerprint density at radius 2 is 2.00 bits per heavy atom. The molecule has 0 radical (unpaired) electrons. The van der Waals surface area contributed by atoms with Gasteiger partial charge in [0, 0.05) is 10.6 Å². The molecule has 152 valence electrons. The predicted octanol–water partition coefficient (Wildman–Crippen LogP) is 4.62. The third kappa shape index (κ3) is 4.40. The molecule has 0 saturated carbocycles. The molecule has 0 spiro atoms. The molecule has 3 aromatic rings. The van der Waals surface area contributed by atoms with E-state index in [9.17, 15) is 9.59 Å². The van der Waals surface area contributed by atoms with Crippen LogP contribution in [0.3, 0.4) is 0 Å². The van der Waals surface area contributed by atoms with Gasteiger partial charge in [-0.1, -0.05) is 23.2 Å². The van der Waals surface area contributed by atoms with Crippen LogP contribution in [0.2, 0.25) is 10.0 Å². The molecule has 2 heterocycles. The Morgan fingerprint density at radius 1 is 1.28 bits per heavy atom. The summed E-state index contributed by atoms with van der Waals surface area (Å²) in [6.45, 7) is 0. The summed E-state index contributed by atoms with van der Waals surface area (Å²) in [5.41, 5.74) is 7.54. The molecule has 1 aromatic carbocycles. The summed E-state index contributed by atoms with van der Waals surface area (Å²) in [7, 11) is 0. The number of rotatable bonds is 5. The second-order valence-corrected chi connectivity index (χ2v) is 9.68. The van der Waals surface area contributed by atoms with Crippen molar-refractivity contribution < 1.29 is 4.79 Å². The molecular formula is C19H18Cl2N4O2S2. The minimum absolute atomic E-state index is 0.0828. The molecule has 0 aliphatic heterocycles. The zero-order valence-corrected chi connectivity index (χ0v) is 18.5. The number of carbonyl (C=O) groups excluding carboxylic acids is 1. The Balaban J connectivity index is 1.40. The zero-order chi connectivity index (χ0) is 20.5. The summed E-state index contributed by atoms with van der Waals surface area (Å²) < 4.78 is 0. The summed E-state index contributed by atoms with van der Waals surface area (Å²) >= 11 is 14.9. The van der Waals surface area contributed by atoms with Crippen molar-refractivity contribution in [1.29, 1.82) is 0 Å². The summed E-state index contributed by atoms with van der Waals surface area (Å²) in [6, 6.07) is 3.10. The van der Waals surface area contributed by atoms with Gasteiger partial charge in [-0.3, -0.25) is 9.59 Å². The van der Waals surface area contributed by atoms with E-state index >= 15 is 0 Å². The number of benzene rings is 1. The van der Waals surface area contributed by atoms with Crippen molar-refractivity contribution >= 4 is 73.8 Å². The molecule has 1 aliphatic rings. The minimum atomic E-state index is -0.207. The van der Waals surface area contributed by atoms with Crippen LogP contribution in [-0.2, 0) is 23.4 Å². The molecule has 1 amide bonds. The van der Waals surface area contributed by atoms with Crippen molar-refractivity contribution in [2.45, 2.75) is 31.4 Å². The highest BCUT2D eigenvalue weighted by Crippen LogP contribution is 2.34. The van der Waals surface area contributed by atoms with E-state index < -0.39 is 0 Å². The highest BCUT2D eigenvalue weighted by molar-refractivity contribution is 7.99. The van der Waals surface area contributed by atoms with Gasteiger partial charge in [0.1, 0.15) is 10.7 Å². The third-order valence-electron chi connectivity index (χ3n) is 4.71. The van der Waals surface area contributed by atoms with Crippen LogP contribution in [0, 0.1) is 0 Å². The van der Waals surface area contributed by atoms with E-state index in [1.807, 2.05) is 0 Å². The average molecular weight is 469 g/mol. The molecule has 4 rings (SSSR count). The van der Waals surface area contributed by atoms with Crippen LogP contribution in [0.1, 0.15) is 29.1 Å². The molecule has 0 unspecified atom stereocenters. The van der Waals surface area contributed by atoms with E-state index in [2.05, 4.69) is 15.3 Å². The van der Waals surface area contributed by atoms with E-state index in [-0.39, 0.29) is 33.0 Å². The molecule has 10 heteroatoms. The van der Waals surface area contributed by atoms with Crippen LogP contribution < -0.4 is 16.6 Å². The van der Waals surface area contributed by atoms with Gasteiger partial charge in [-0.25, -0.2) is 4.98 Å². The van der Waals surface area contributed by atoms with Crippen molar-refractivity contribution in [3.8, 4) is 0 Å². The minimum Gasteiger partial charge on any atom is -0.396 e. The number of anilines is 2. The Hall–Kier alpha value is -1.74. The van der Waals surface area contributed by atoms with Crippen molar-refractivity contribution in [2.24, 2.45) is 0 Å². The molecule has 1 aliphatic carbocycles. The number of hydrogen-bond donors (Lipinski definition) is 3. The van der Waals surface area contributed by atoms with Crippen LogP contribution in [0.25, 0.3) is 10.2 Å². The maximum absolute atomic E-state index is 12.5. The SMILES string of the molecule is Nc1c(Cl)cc(NC(=O)CSCc2nc3sc4c(c3c(=O)[nH]2)CCCC4)cc1Cl. The maximum atomic E-state index is 12.5. The number of nitrogens with one attached hydrogen (secondary N) is 2. The molecule has 0 bridgehead atoms. The van der Waals surface area contributed by atoms with Crippen molar-refractivity contribution in [3.05, 3.63) is 48.8 Å². The first-order valence-corrected chi connectivity index (χ1v) is 11.8. The Morgan fingerprint density at radius 3 is 2.76 bits per heavy atom. The summed E-state index contributed by atoms with van der Waals surface area (Å²) in [6.07, 6.45) is 4.27. The Bertz CT molecular complexity index is 1140. The number of thiophene rings is 1. The van der Waals surface area contributed by atoms with Gasteiger partial charge in [0.15, 0.2) is 0 Å². The summed E-state index contributed by atoms with van der Waals surface area (Å²) in [5, 5.41) is 4.05. The largest absolute Gasteiger partial charge is 0.396 e. The lowest BCUT2D eigenvalue weighted by atomic mass is 9.97. The van der Waals surface area contributed by atoms with Crippen molar-refractivity contribution in [3.63, 3.8) is 0 Å². The normalized spacial score (nSPS) is 13.4. The van der Waals surface area contributed by atoms with Gasteiger partial charge in [0.05, 0.1) is 32.6 Å². The lowest BCUT2D eigenvalue weighted by Gasteiger charge is -2.09. The highest BCUT2D eigenvalue weighted by Gasteiger charge is 2.19. The molecule has 0 fully saturated rings. The number of aromatic nitrogens is 2. The van der Waals surface area contributed by atoms with E-state index in [1.54, 1.807) is 23.5 Å². The van der Waals surface area contributed by atoms with Crippen LogP contribution in [-0.4, -0.2) is 21.6 Å². The second-order valence-electron chi connectivity index (χ2n) is 6.80. The Labute approximate surface area is 185 Å². The monoisotopic (exact) mass is 468 g/mol. The average Bonchev–Trinajstić information content (AvgIpc) is 3.05. The third-order valence-corrected chi connectivity index (χ3v) is 7.46. The number of H-pyrrole nitrogens is 1. The number of fused-ring (bicyclic) bond motifs is 3. The number of nitrogen functional groups attached to an aromatic ring is 1. The van der Waals surface area contributed by atoms with Gasteiger partial charge in [0.2, 0.25) is 5.91 Å². The highest BCUT2D eigenvalue weighted by atomic mass is 35.5. The van der Waals surface area contributed by atoms with Crippen molar-refractivity contribution in [1.82, 2.24) is 9.97 Å². The van der Waals surface area contributed by atoms with Crippen LogP contribution >= 0.6 is 46.3 Å². The van der Waals surface area contributed by atoms with Gasteiger partial charge in [-0.15, -0.1) is 23.1 Å². The second kappa shape index (κ2) is 8.55. The lowest BCUT2D eigenvalue weighted by Crippen LogP contribution is -2.15. The first-order chi connectivity index (χ1) is 13.9. The van der Waals surface area contributed by atoms with Crippen LogP contribution in [0.5, 0.6) is 0 Å². The van der Waals surface area contributed by atoms with E-state index in [0.717, 1.165) is 29.5 Å². The van der Waals surface area contributed by atoms with Gasteiger partial charge in [-0.05, 0) is 43.4 Å². The smallest absolute Gasteiger partial charge is 0.259 e. The fraction of sp³-hybridized carbons (Fsp3) is 0.316. The topological polar surface area (TPSA) is 101 Å². The number of nitrogens with zero attached hydrogens (tertiary/aromatic N) is 1. The number of carbonyl (C=O) groups is 1. The lowest BCUT2D eigenvalue weighted by molar-refractivity contribution is -0.113. The maximum Gasteiger partial charge on any atom is 0.259 e. The first kappa shape index (κ1) is 20.5. The van der Waals surface area contributed by atoms with Gasteiger partial charge >= 0.3 is 0 Å². The van der Waals surface area contributed by atoms with Crippen molar-refractivity contribution in [2.75, 3.05) is 16.8 Å². The van der Waals surface area contributed by atoms with E-state index in [4.69, 9.17) is 28.9 Å².